The van der Waals surface area contributed by atoms with Gasteiger partial charge in [-0.3, -0.25) is 33.7 Å². The highest BCUT2D eigenvalue weighted by molar-refractivity contribution is 6.21. The minimum Gasteiger partial charge on any atom is -0.463 e. The van der Waals surface area contributed by atoms with Crippen LogP contribution < -0.4 is 0 Å². The number of amides is 2. The zero-order valence-electron chi connectivity index (χ0n) is 64.8. The van der Waals surface area contributed by atoms with Crippen molar-refractivity contribution in [3.63, 3.8) is 0 Å². The van der Waals surface area contributed by atoms with Gasteiger partial charge in [0.1, 0.15) is 68.7 Å². The number of esters is 4. The van der Waals surface area contributed by atoms with Crippen LogP contribution in [0.2, 0.25) is 0 Å². The predicted molar refractivity (Wildman–Crippen MR) is 367 cm³/mol. The molecule has 1 N–H and O–H groups in total. The summed E-state index contributed by atoms with van der Waals surface area (Å²) in [6, 6.07) is 6.55. The molecule has 0 aliphatic carbocycles. The largest absolute Gasteiger partial charge is 0.463 e. The van der Waals surface area contributed by atoms with E-state index in [1.807, 2.05) is 69.2 Å². The maximum absolute atomic E-state index is 14.3. The van der Waals surface area contributed by atoms with E-state index in [4.69, 9.17) is 104 Å². The molecule has 0 bridgehead atoms. The van der Waals surface area contributed by atoms with Crippen molar-refractivity contribution in [1.82, 2.24) is 4.90 Å². The van der Waals surface area contributed by atoms with Gasteiger partial charge in [0.15, 0.2) is 50.1 Å². The first kappa shape index (κ1) is 84.5. The Labute approximate surface area is 617 Å². The van der Waals surface area contributed by atoms with Gasteiger partial charge in [-0.25, -0.2) is 0 Å². The van der Waals surface area contributed by atoms with Gasteiger partial charge in [0.25, 0.3) is 11.8 Å². The zero-order chi connectivity index (χ0) is 76.7. The van der Waals surface area contributed by atoms with Crippen LogP contribution in [0.5, 0.6) is 0 Å². The Kier molecular flexibility index (Phi) is 30.1. The molecule has 596 valence electrons. The number of aliphatic hydroxyl groups excluding tert-OH is 1. The predicted octanol–water partition coefficient (Wildman–Crippen LogP) is 5.88. The van der Waals surface area contributed by atoms with Crippen molar-refractivity contribution in [1.29, 1.82) is 0 Å². The highest BCUT2D eigenvalue weighted by Gasteiger charge is 2.58. The van der Waals surface area contributed by atoms with Gasteiger partial charge < -0.3 is 109 Å². The van der Waals surface area contributed by atoms with E-state index in [1.54, 1.807) is 59.8 Å². The molecule has 0 radical (unpaired) electrons. The lowest BCUT2D eigenvalue weighted by atomic mass is 9.79. The number of fused-ring (bicyclic) bond motifs is 1. The van der Waals surface area contributed by atoms with Crippen LogP contribution in [0.25, 0.3) is 0 Å². The molecule has 0 saturated carbocycles. The van der Waals surface area contributed by atoms with Crippen molar-refractivity contribution < 1.29 is 138 Å². The Morgan fingerprint density at radius 2 is 0.648 bits per heavy atom. The molecule has 105 heavy (non-hydrogen) atoms. The molecule has 35 atom stereocenters. The van der Waals surface area contributed by atoms with Gasteiger partial charge in [-0.15, -0.1) is 0 Å². The molecule has 0 spiro atoms. The first-order valence-corrected chi connectivity index (χ1v) is 37.1. The summed E-state index contributed by atoms with van der Waals surface area (Å²) in [5.74, 6) is -7.21. The molecule has 7 fully saturated rings. The van der Waals surface area contributed by atoms with Gasteiger partial charge in [0, 0.05) is 105 Å². The van der Waals surface area contributed by atoms with Crippen LogP contribution in [-0.4, -0.2) is 269 Å². The Balaban J connectivity index is 0.934. The molecular formula is C75H117NO29. The molecule has 30 heteroatoms. The SMILES string of the molecule is COCC1O[C@@H](O[C@H]2C(C)C(C)[C@@H](O[C@H]3C(C)C(OC)[C@@H](O[C@H]4C(COC(C)=O)OC(O)C(C)[C@H]4C)O[C@@H]3COC)O[C@@H]2COC)C(OC)[C@@H](C)[C@H]1O[C@@H]1OC(CN2C(=O)c3ccccc3C2=O)[C@H](O[C@H]2O[C@H](COC(C)=O)[C@@H](O[C@H]3O[C@H](COC(C)=O)[C@@H](C)C(C)C3C)C(C)C2OC(C)=O)[C@H](C)C1C. The third kappa shape index (κ3) is 19.1. The van der Waals surface area contributed by atoms with Crippen molar-refractivity contribution in [2.45, 2.75) is 252 Å². The summed E-state index contributed by atoms with van der Waals surface area (Å²) in [5, 5.41) is 10.8. The Hall–Kier alpha value is -4.52. The second-order valence-electron chi connectivity index (χ2n) is 30.3. The second-order valence-corrected chi connectivity index (χ2v) is 30.3. The lowest BCUT2D eigenvalue weighted by Gasteiger charge is -2.52. The Morgan fingerprint density at radius 1 is 0.343 bits per heavy atom. The smallest absolute Gasteiger partial charge is 0.303 e. The highest BCUT2D eigenvalue weighted by atomic mass is 16.8. The van der Waals surface area contributed by atoms with E-state index in [2.05, 4.69) is 13.8 Å². The van der Waals surface area contributed by atoms with Gasteiger partial charge in [-0.05, 0) is 41.7 Å². The number of methoxy groups -OCH3 is 5. The molecule has 2 amide bonds. The average molecular weight is 1500 g/mol. The summed E-state index contributed by atoms with van der Waals surface area (Å²) in [6.07, 6.45) is -20.2. The van der Waals surface area contributed by atoms with Gasteiger partial charge >= 0.3 is 23.9 Å². The average Bonchev–Trinajstić information content (AvgIpc) is 1.39. The van der Waals surface area contributed by atoms with E-state index < -0.39 is 201 Å². The van der Waals surface area contributed by atoms with Crippen LogP contribution in [0, 0.1) is 71.0 Å². The maximum Gasteiger partial charge on any atom is 0.303 e. The number of hydrogen-bond donors (Lipinski definition) is 1. The molecule has 1 aromatic rings. The molecule has 8 aliphatic heterocycles. The summed E-state index contributed by atoms with van der Waals surface area (Å²) >= 11 is 0. The van der Waals surface area contributed by atoms with Crippen molar-refractivity contribution in [2.24, 2.45) is 71.0 Å². The molecule has 30 nitrogen and oxygen atoms in total. The number of ether oxygens (including phenoxy) is 22. The second kappa shape index (κ2) is 37.5. The van der Waals surface area contributed by atoms with Gasteiger partial charge in [-0.2, -0.15) is 0 Å². The van der Waals surface area contributed by atoms with Crippen molar-refractivity contribution in [3.05, 3.63) is 35.4 Å². The molecule has 1 aromatic carbocycles. The quantitative estimate of drug-likeness (QED) is 0.0555. The molecule has 15 unspecified atom stereocenters. The number of benzene rings is 1. The number of imide groups is 1. The van der Waals surface area contributed by atoms with Crippen LogP contribution in [0.4, 0.5) is 0 Å². The van der Waals surface area contributed by atoms with E-state index in [0.29, 0.717) is 0 Å². The third-order valence-electron chi connectivity index (χ3n) is 23.5. The molecule has 0 aromatic heterocycles. The van der Waals surface area contributed by atoms with Gasteiger partial charge in [0.05, 0.1) is 80.2 Å². The topological polar surface area (TPSA) is 329 Å². The standard InChI is InChI=1S/C75H117NO29/c1-33-34(2)52(30-89-45(13)77)95-70(39(33)7)102-63-44(12)66(92-48(16)80)75(99-57(63)32-91-47(15)79)103-58-36(4)40(8)71(94-51(58)26-76-67(81)49-24-22-23-25-50(49)68(76)82)100-61-42(10)65(88-21)74(98-54(61)28-85-18)105-60-37(5)41(9)72(96-53(60)27-84-17)101-62-43(11)64(87-20)73(97-55(62)29-86-19)104-59-35(3)38(6)69(83)93-56(59)31-90-46(14)78/h22-25,33-44,51-66,69-75,83H,26-32H2,1-21H3/t33?,34-,35+,36+,37?,38?,39?,40?,41?,42-,43?,44?,51?,52+,53+,54?,55+,56?,57+,58+,59+,60-,61+,62-,63-,64?,65?,66?,69?,70+,71-,72+,73+,74-,75+/m0/s1. The van der Waals surface area contributed by atoms with Gasteiger partial charge in [-0.1, -0.05) is 95.2 Å². The number of aliphatic hydroxyl groups is 1. The fourth-order valence-corrected chi connectivity index (χ4v) is 16.3. The fraction of sp³-hybridized carbons (Fsp3) is 0.840. The monoisotopic (exact) mass is 1500 g/mol. The van der Waals surface area contributed by atoms with E-state index >= 15 is 0 Å². The molecule has 8 heterocycles. The minimum absolute atomic E-state index is 0.000783. The summed E-state index contributed by atoms with van der Waals surface area (Å²) in [5.41, 5.74) is 0.445. The number of carbonyl (C=O) groups is 6. The first-order chi connectivity index (χ1) is 49.9. The molecule has 8 aliphatic rings. The van der Waals surface area contributed by atoms with Crippen LogP contribution in [0.15, 0.2) is 24.3 Å². The molecule has 7 saturated heterocycles. The Morgan fingerprint density at radius 3 is 1.04 bits per heavy atom. The lowest BCUT2D eigenvalue weighted by Crippen LogP contribution is -2.64. The summed E-state index contributed by atoms with van der Waals surface area (Å²) in [7, 11) is 7.83. The van der Waals surface area contributed by atoms with Crippen LogP contribution in [-0.2, 0) is 123 Å². The van der Waals surface area contributed by atoms with Crippen molar-refractivity contribution in [3.8, 4) is 0 Å². The summed E-state index contributed by atoms with van der Waals surface area (Å²) < 4.78 is 142. The highest BCUT2D eigenvalue weighted by Crippen LogP contribution is 2.46. The molecule has 9 rings (SSSR count). The summed E-state index contributed by atoms with van der Waals surface area (Å²) in [6.45, 7) is 28.3. The van der Waals surface area contributed by atoms with Gasteiger partial charge in [0.2, 0.25) is 0 Å². The lowest BCUT2D eigenvalue weighted by molar-refractivity contribution is -0.381. The van der Waals surface area contributed by atoms with Crippen molar-refractivity contribution in [2.75, 3.05) is 81.7 Å². The number of rotatable bonds is 29. The minimum atomic E-state index is -1.37. The van der Waals surface area contributed by atoms with E-state index in [9.17, 15) is 33.9 Å². The van der Waals surface area contributed by atoms with E-state index in [1.165, 1.54) is 27.7 Å². The maximum atomic E-state index is 14.3. The van der Waals surface area contributed by atoms with Crippen LogP contribution >= 0.6 is 0 Å². The normalized spacial score (nSPS) is 43.1. The number of carbonyl (C=O) groups excluding carboxylic acids is 6. The Bertz CT molecular complexity index is 2980. The zero-order valence-corrected chi connectivity index (χ0v) is 64.8. The summed E-state index contributed by atoms with van der Waals surface area (Å²) in [4.78, 5) is 79.5. The van der Waals surface area contributed by atoms with E-state index in [0.717, 1.165) is 4.90 Å². The third-order valence-corrected chi connectivity index (χ3v) is 23.5. The number of nitrogens with zero attached hydrogens (tertiary/aromatic N) is 1. The fourth-order valence-electron chi connectivity index (χ4n) is 16.3. The van der Waals surface area contributed by atoms with Crippen molar-refractivity contribution >= 4 is 35.7 Å². The first-order valence-electron chi connectivity index (χ1n) is 37.1. The van der Waals surface area contributed by atoms with Crippen LogP contribution in [0.3, 0.4) is 0 Å². The molecular weight excluding hydrogens is 1380 g/mol. The van der Waals surface area contributed by atoms with Crippen LogP contribution in [0.1, 0.15) is 131 Å². The van der Waals surface area contributed by atoms with E-state index in [-0.39, 0.29) is 105 Å². The number of hydrogen-bond acceptors (Lipinski definition) is 29.